The van der Waals surface area contributed by atoms with Crippen LogP contribution >= 0.6 is 12.4 Å². The summed E-state index contributed by atoms with van der Waals surface area (Å²) in [5.74, 6) is -0.726. The average Bonchev–Trinajstić information content (AvgIpc) is 2.59. The van der Waals surface area contributed by atoms with Crippen LogP contribution in [0.5, 0.6) is 0 Å². The van der Waals surface area contributed by atoms with Crippen LogP contribution in [0.1, 0.15) is 5.56 Å². The van der Waals surface area contributed by atoms with E-state index < -0.39 is 0 Å². The van der Waals surface area contributed by atoms with Gasteiger partial charge in [-0.3, -0.25) is 0 Å². The number of hydrogen-bond acceptors (Lipinski definition) is 1. The zero-order chi connectivity index (χ0) is 12.6. The first kappa shape index (κ1) is 14.9. The Kier molecular flexibility index (Phi) is 4.71. The van der Waals surface area contributed by atoms with Gasteiger partial charge in [-0.05, 0) is 38.2 Å². The molecule has 5 heteroatoms. The molecule has 1 aromatic heterocycles. The average molecular weight is 275 g/mol. The van der Waals surface area contributed by atoms with Gasteiger partial charge in [0.05, 0.1) is 5.52 Å². The number of hydrogen-bond donors (Lipinski definition) is 0. The first-order chi connectivity index (χ1) is 8.00. The van der Waals surface area contributed by atoms with Gasteiger partial charge in [-0.2, -0.15) is 0 Å². The molecule has 0 unspecified atom stereocenters. The first-order valence-corrected chi connectivity index (χ1v) is 5.57. The SMILES string of the molecule is CN(C)CCc1cn(C)c2c(F)ccc(F)c12.Cl. The van der Waals surface area contributed by atoms with Crippen LogP contribution in [0, 0.1) is 11.6 Å². The molecule has 0 atom stereocenters. The minimum atomic E-state index is -0.375. The Balaban J connectivity index is 0.00000162. The molecule has 1 aromatic carbocycles. The minimum absolute atomic E-state index is 0. The number of rotatable bonds is 3. The van der Waals surface area contributed by atoms with Crippen molar-refractivity contribution >= 4 is 23.3 Å². The van der Waals surface area contributed by atoms with Crippen LogP contribution in [0.15, 0.2) is 18.3 Å². The van der Waals surface area contributed by atoms with Crippen molar-refractivity contribution in [2.45, 2.75) is 6.42 Å². The molecule has 1 heterocycles. The second kappa shape index (κ2) is 5.67. The molecule has 0 aliphatic carbocycles. The highest BCUT2D eigenvalue weighted by Gasteiger charge is 2.14. The van der Waals surface area contributed by atoms with Crippen molar-refractivity contribution in [2.24, 2.45) is 7.05 Å². The summed E-state index contributed by atoms with van der Waals surface area (Å²) in [5.41, 5.74) is 1.20. The lowest BCUT2D eigenvalue weighted by Gasteiger charge is -2.08. The van der Waals surface area contributed by atoms with Gasteiger partial charge in [-0.1, -0.05) is 0 Å². The predicted octanol–water partition coefficient (Wildman–Crippen LogP) is 2.98. The molecule has 18 heavy (non-hydrogen) atoms. The van der Waals surface area contributed by atoms with Crippen LogP contribution in [0.2, 0.25) is 0 Å². The van der Waals surface area contributed by atoms with Gasteiger partial charge in [0.1, 0.15) is 11.6 Å². The number of likely N-dealkylation sites (N-methyl/N-ethyl adjacent to an activating group) is 1. The largest absolute Gasteiger partial charge is 0.348 e. The van der Waals surface area contributed by atoms with Gasteiger partial charge >= 0.3 is 0 Å². The van der Waals surface area contributed by atoms with Crippen LogP contribution in [-0.4, -0.2) is 30.1 Å². The number of aromatic nitrogens is 1. The fraction of sp³-hybridized carbons (Fsp3) is 0.385. The standard InChI is InChI=1S/C13H16F2N2.ClH/c1-16(2)7-6-9-8-17(3)13-11(15)5-4-10(14)12(9)13;/h4-5,8H,6-7H2,1-3H3;1H. The van der Waals surface area contributed by atoms with E-state index in [0.29, 0.717) is 17.3 Å². The topological polar surface area (TPSA) is 8.17 Å². The molecular weight excluding hydrogens is 258 g/mol. The third kappa shape index (κ3) is 2.65. The van der Waals surface area contributed by atoms with Gasteiger partial charge in [0.2, 0.25) is 0 Å². The van der Waals surface area contributed by atoms with Gasteiger partial charge in [0.25, 0.3) is 0 Å². The zero-order valence-electron chi connectivity index (χ0n) is 10.7. The molecule has 2 aromatic rings. The summed E-state index contributed by atoms with van der Waals surface area (Å²) < 4.78 is 29.1. The lowest BCUT2D eigenvalue weighted by molar-refractivity contribution is 0.414. The Hall–Kier alpha value is -1.13. The summed E-state index contributed by atoms with van der Waals surface area (Å²) >= 11 is 0. The first-order valence-electron chi connectivity index (χ1n) is 5.57. The lowest BCUT2D eigenvalue weighted by atomic mass is 10.1. The maximum absolute atomic E-state index is 13.8. The normalized spacial score (nSPS) is 11.0. The second-order valence-corrected chi connectivity index (χ2v) is 4.57. The Bertz CT molecular complexity index is 549. The van der Waals surface area contributed by atoms with Crippen LogP contribution in [0.4, 0.5) is 8.78 Å². The van der Waals surface area contributed by atoms with Crippen LogP contribution in [0.25, 0.3) is 10.9 Å². The molecule has 2 nitrogen and oxygen atoms in total. The molecule has 0 saturated carbocycles. The van der Waals surface area contributed by atoms with Crippen molar-refractivity contribution in [2.75, 3.05) is 20.6 Å². The Morgan fingerprint density at radius 2 is 1.78 bits per heavy atom. The van der Waals surface area contributed by atoms with Gasteiger partial charge in [-0.25, -0.2) is 8.78 Å². The lowest BCUT2D eigenvalue weighted by Crippen LogP contribution is -2.14. The number of aryl methyl sites for hydroxylation is 1. The Morgan fingerprint density at radius 1 is 1.17 bits per heavy atom. The summed E-state index contributed by atoms with van der Waals surface area (Å²) in [5, 5.41) is 0.411. The van der Waals surface area contributed by atoms with E-state index in [4.69, 9.17) is 0 Å². The van der Waals surface area contributed by atoms with Gasteiger partial charge in [0.15, 0.2) is 0 Å². The summed E-state index contributed by atoms with van der Waals surface area (Å²) in [6.45, 7) is 0.815. The van der Waals surface area contributed by atoms with Crippen LogP contribution < -0.4 is 0 Å². The monoisotopic (exact) mass is 274 g/mol. The summed E-state index contributed by atoms with van der Waals surface area (Å²) in [6, 6.07) is 2.37. The number of nitrogens with zero attached hydrogens (tertiary/aromatic N) is 2. The summed E-state index contributed by atoms with van der Waals surface area (Å²) in [4.78, 5) is 2.02. The van der Waals surface area contributed by atoms with Crippen molar-refractivity contribution in [3.8, 4) is 0 Å². The van der Waals surface area contributed by atoms with Crippen molar-refractivity contribution < 1.29 is 8.78 Å². The quantitative estimate of drug-likeness (QED) is 0.835. The van der Waals surface area contributed by atoms with E-state index in [1.807, 2.05) is 19.0 Å². The van der Waals surface area contributed by atoms with E-state index in [0.717, 1.165) is 12.1 Å². The van der Waals surface area contributed by atoms with Crippen molar-refractivity contribution in [1.82, 2.24) is 9.47 Å². The maximum Gasteiger partial charge on any atom is 0.147 e. The van der Waals surface area contributed by atoms with E-state index >= 15 is 0 Å². The Morgan fingerprint density at radius 3 is 2.39 bits per heavy atom. The van der Waals surface area contributed by atoms with E-state index in [1.54, 1.807) is 17.8 Å². The molecule has 0 fully saturated rings. The second-order valence-electron chi connectivity index (χ2n) is 4.57. The zero-order valence-corrected chi connectivity index (χ0v) is 11.5. The number of fused-ring (bicyclic) bond motifs is 1. The molecule has 0 radical (unpaired) electrons. The van der Waals surface area contributed by atoms with Crippen molar-refractivity contribution in [1.29, 1.82) is 0 Å². The molecule has 0 amide bonds. The minimum Gasteiger partial charge on any atom is -0.348 e. The molecular formula is C13H17ClF2N2. The van der Waals surface area contributed by atoms with Gasteiger partial charge in [0, 0.05) is 25.2 Å². The van der Waals surface area contributed by atoms with E-state index in [9.17, 15) is 8.78 Å². The predicted molar refractivity (Wildman–Crippen MR) is 72.3 cm³/mol. The van der Waals surface area contributed by atoms with Crippen LogP contribution in [0.3, 0.4) is 0 Å². The maximum atomic E-state index is 13.8. The molecule has 0 aliphatic heterocycles. The fourth-order valence-electron chi connectivity index (χ4n) is 2.09. The van der Waals surface area contributed by atoms with Gasteiger partial charge in [-0.15, -0.1) is 12.4 Å². The highest BCUT2D eigenvalue weighted by Crippen LogP contribution is 2.26. The molecule has 0 N–H and O–H groups in total. The molecule has 0 saturated heterocycles. The van der Waals surface area contributed by atoms with Crippen molar-refractivity contribution in [3.05, 3.63) is 35.5 Å². The third-order valence-electron chi connectivity index (χ3n) is 2.93. The third-order valence-corrected chi connectivity index (χ3v) is 2.93. The summed E-state index contributed by atoms with van der Waals surface area (Å²) in [7, 11) is 5.66. The summed E-state index contributed by atoms with van der Waals surface area (Å²) in [6.07, 6.45) is 2.52. The van der Waals surface area contributed by atoms with Gasteiger partial charge < -0.3 is 9.47 Å². The highest BCUT2D eigenvalue weighted by atomic mass is 35.5. The molecule has 0 aliphatic rings. The Labute approximate surface area is 112 Å². The van der Waals surface area contributed by atoms with Crippen molar-refractivity contribution in [3.63, 3.8) is 0 Å². The molecule has 0 spiro atoms. The van der Waals surface area contributed by atoms with E-state index in [2.05, 4.69) is 0 Å². The van der Waals surface area contributed by atoms with E-state index in [-0.39, 0.29) is 24.0 Å². The van der Waals surface area contributed by atoms with E-state index in [1.165, 1.54) is 12.1 Å². The molecule has 0 bridgehead atoms. The smallest absolute Gasteiger partial charge is 0.147 e. The molecule has 2 rings (SSSR count). The van der Waals surface area contributed by atoms with Crippen LogP contribution in [-0.2, 0) is 13.5 Å². The number of halogens is 3. The number of benzene rings is 1. The fourth-order valence-corrected chi connectivity index (χ4v) is 2.09. The highest BCUT2D eigenvalue weighted by molar-refractivity contribution is 5.85. The molecule has 100 valence electrons.